The highest BCUT2D eigenvalue weighted by molar-refractivity contribution is 7.99. The van der Waals surface area contributed by atoms with Crippen molar-refractivity contribution in [3.63, 3.8) is 0 Å². The molecule has 0 bridgehead atoms. The van der Waals surface area contributed by atoms with Crippen LogP contribution in [0.15, 0.2) is 58.3 Å². The normalized spacial score (nSPS) is 10.1. The predicted molar refractivity (Wildman–Crippen MR) is 79.6 cm³/mol. The average molecular weight is 303 g/mol. The molecule has 0 heterocycles. The van der Waals surface area contributed by atoms with Gasteiger partial charge >= 0.3 is 5.97 Å². The van der Waals surface area contributed by atoms with Gasteiger partial charge < -0.3 is 4.74 Å². The number of nitro benzene ring substituents is 1. The first-order valence-electron chi connectivity index (χ1n) is 6.29. The van der Waals surface area contributed by atoms with Gasteiger partial charge in [0.2, 0.25) is 0 Å². The second-order valence-electron chi connectivity index (χ2n) is 4.10. The largest absolute Gasteiger partial charge is 0.462 e. The van der Waals surface area contributed by atoms with Gasteiger partial charge in [-0.05, 0) is 43.3 Å². The van der Waals surface area contributed by atoms with E-state index in [0.717, 1.165) is 9.79 Å². The van der Waals surface area contributed by atoms with E-state index >= 15 is 0 Å². The van der Waals surface area contributed by atoms with Crippen molar-refractivity contribution in [1.82, 2.24) is 0 Å². The summed E-state index contributed by atoms with van der Waals surface area (Å²) in [5, 5.41) is 10.6. The third-order valence-electron chi connectivity index (χ3n) is 2.65. The molecule has 0 fully saturated rings. The SMILES string of the molecule is CCOC(=O)c1ccc(Sc2ccc([N+](=O)[O-])cc2)cc1. The minimum atomic E-state index is -0.428. The van der Waals surface area contributed by atoms with Crippen LogP contribution < -0.4 is 0 Å². The Labute approximate surface area is 126 Å². The lowest BCUT2D eigenvalue weighted by Crippen LogP contribution is -2.03. The van der Waals surface area contributed by atoms with E-state index in [1.807, 2.05) is 12.1 Å². The van der Waals surface area contributed by atoms with E-state index in [9.17, 15) is 14.9 Å². The van der Waals surface area contributed by atoms with E-state index in [4.69, 9.17) is 4.74 Å². The number of rotatable bonds is 5. The molecule has 0 amide bonds. The molecule has 0 unspecified atom stereocenters. The summed E-state index contributed by atoms with van der Waals surface area (Å²) in [5.74, 6) is -0.343. The summed E-state index contributed by atoms with van der Waals surface area (Å²) in [6.07, 6.45) is 0. The molecule has 0 aliphatic rings. The molecule has 0 saturated carbocycles. The summed E-state index contributed by atoms with van der Waals surface area (Å²) in [5.41, 5.74) is 0.571. The molecule has 0 N–H and O–H groups in total. The lowest BCUT2D eigenvalue weighted by Gasteiger charge is -2.04. The van der Waals surface area contributed by atoms with Gasteiger partial charge in [0, 0.05) is 21.9 Å². The van der Waals surface area contributed by atoms with Crippen LogP contribution in [0.5, 0.6) is 0 Å². The van der Waals surface area contributed by atoms with E-state index in [1.165, 1.54) is 23.9 Å². The van der Waals surface area contributed by atoms with Gasteiger partial charge in [-0.15, -0.1) is 0 Å². The van der Waals surface area contributed by atoms with Gasteiger partial charge in [-0.2, -0.15) is 0 Å². The van der Waals surface area contributed by atoms with Gasteiger partial charge in [0.15, 0.2) is 0 Å². The lowest BCUT2D eigenvalue weighted by atomic mass is 10.2. The monoisotopic (exact) mass is 303 g/mol. The molecule has 108 valence electrons. The number of benzene rings is 2. The first-order valence-corrected chi connectivity index (χ1v) is 7.11. The third-order valence-corrected chi connectivity index (χ3v) is 3.66. The summed E-state index contributed by atoms with van der Waals surface area (Å²) in [7, 11) is 0. The summed E-state index contributed by atoms with van der Waals surface area (Å²) < 4.78 is 4.91. The van der Waals surface area contributed by atoms with E-state index < -0.39 is 4.92 Å². The minimum absolute atomic E-state index is 0.0667. The number of hydrogen-bond acceptors (Lipinski definition) is 5. The fraction of sp³-hybridized carbons (Fsp3) is 0.133. The van der Waals surface area contributed by atoms with Gasteiger partial charge in [0.05, 0.1) is 17.1 Å². The Hall–Kier alpha value is -2.34. The van der Waals surface area contributed by atoms with Gasteiger partial charge in [0.25, 0.3) is 5.69 Å². The van der Waals surface area contributed by atoms with Crippen molar-refractivity contribution in [2.45, 2.75) is 16.7 Å². The highest BCUT2D eigenvalue weighted by Gasteiger charge is 2.07. The molecular formula is C15H13NO4S. The second kappa shape index (κ2) is 6.90. The topological polar surface area (TPSA) is 69.4 Å². The Balaban J connectivity index is 2.06. The zero-order chi connectivity index (χ0) is 15.2. The highest BCUT2D eigenvalue weighted by atomic mass is 32.2. The van der Waals surface area contributed by atoms with Crippen LogP contribution in [0.3, 0.4) is 0 Å². The summed E-state index contributed by atoms with van der Waals surface area (Å²) in [6.45, 7) is 2.11. The number of carbonyl (C=O) groups is 1. The number of carbonyl (C=O) groups excluding carboxylic acids is 1. The van der Waals surface area contributed by atoms with Crippen molar-refractivity contribution in [2.24, 2.45) is 0 Å². The van der Waals surface area contributed by atoms with Gasteiger partial charge in [-0.3, -0.25) is 10.1 Å². The maximum atomic E-state index is 11.5. The molecule has 2 aromatic rings. The van der Waals surface area contributed by atoms with Crippen LogP contribution in [0.1, 0.15) is 17.3 Å². The Bertz CT molecular complexity index is 638. The number of nitro groups is 1. The molecule has 0 atom stereocenters. The second-order valence-corrected chi connectivity index (χ2v) is 5.24. The molecule has 0 spiro atoms. The van der Waals surface area contributed by atoms with Crippen LogP contribution in [0.2, 0.25) is 0 Å². The number of ether oxygens (including phenoxy) is 1. The smallest absolute Gasteiger partial charge is 0.338 e. The van der Waals surface area contributed by atoms with E-state index in [1.54, 1.807) is 31.2 Å². The van der Waals surface area contributed by atoms with Crippen molar-refractivity contribution in [3.8, 4) is 0 Å². The zero-order valence-corrected chi connectivity index (χ0v) is 12.1. The van der Waals surface area contributed by atoms with Crippen molar-refractivity contribution < 1.29 is 14.5 Å². The van der Waals surface area contributed by atoms with Crippen LogP contribution in [-0.2, 0) is 4.74 Å². The van der Waals surface area contributed by atoms with E-state index in [-0.39, 0.29) is 11.7 Å². The van der Waals surface area contributed by atoms with Crippen LogP contribution >= 0.6 is 11.8 Å². The van der Waals surface area contributed by atoms with Crippen LogP contribution in [-0.4, -0.2) is 17.5 Å². The maximum Gasteiger partial charge on any atom is 0.338 e. The Morgan fingerprint density at radius 2 is 1.62 bits per heavy atom. The number of non-ortho nitro benzene ring substituents is 1. The molecule has 5 nitrogen and oxygen atoms in total. The summed E-state index contributed by atoms with van der Waals surface area (Å²) >= 11 is 1.47. The molecule has 2 aromatic carbocycles. The standard InChI is InChI=1S/C15H13NO4S/c1-2-20-15(17)11-3-7-13(8-4-11)21-14-9-5-12(6-10-14)16(18)19/h3-10H,2H2,1H3. The quantitative estimate of drug-likeness (QED) is 0.475. The van der Waals surface area contributed by atoms with Gasteiger partial charge in [0.1, 0.15) is 0 Å². The molecule has 6 heteroatoms. The van der Waals surface area contributed by atoms with Crippen molar-refractivity contribution in [2.75, 3.05) is 6.61 Å². The van der Waals surface area contributed by atoms with E-state index in [2.05, 4.69) is 0 Å². The van der Waals surface area contributed by atoms with Gasteiger partial charge in [-0.25, -0.2) is 4.79 Å². The molecular weight excluding hydrogens is 290 g/mol. The summed E-state index contributed by atoms with van der Waals surface area (Å²) in [6, 6.07) is 13.4. The minimum Gasteiger partial charge on any atom is -0.462 e. The number of esters is 1. The molecule has 0 radical (unpaired) electrons. The molecule has 0 aromatic heterocycles. The fourth-order valence-corrected chi connectivity index (χ4v) is 2.46. The highest BCUT2D eigenvalue weighted by Crippen LogP contribution is 2.29. The first-order chi connectivity index (χ1) is 10.1. The van der Waals surface area contributed by atoms with Gasteiger partial charge in [-0.1, -0.05) is 11.8 Å². The maximum absolute atomic E-state index is 11.5. The predicted octanol–water partition coefficient (Wildman–Crippen LogP) is 3.92. The zero-order valence-electron chi connectivity index (χ0n) is 11.3. The number of hydrogen-bond donors (Lipinski definition) is 0. The van der Waals surface area contributed by atoms with Crippen molar-refractivity contribution in [1.29, 1.82) is 0 Å². The van der Waals surface area contributed by atoms with Crippen molar-refractivity contribution >= 4 is 23.4 Å². The van der Waals surface area contributed by atoms with Crippen LogP contribution in [0.25, 0.3) is 0 Å². The molecule has 0 aliphatic carbocycles. The first kappa shape index (κ1) is 15.1. The Morgan fingerprint density at radius 3 is 2.10 bits per heavy atom. The summed E-state index contributed by atoms with van der Waals surface area (Å²) in [4.78, 5) is 23.5. The molecule has 0 saturated heterocycles. The van der Waals surface area contributed by atoms with Crippen molar-refractivity contribution in [3.05, 3.63) is 64.2 Å². The molecule has 0 aliphatic heterocycles. The molecule has 21 heavy (non-hydrogen) atoms. The van der Waals surface area contributed by atoms with Crippen LogP contribution in [0.4, 0.5) is 5.69 Å². The Morgan fingerprint density at radius 1 is 1.10 bits per heavy atom. The number of nitrogens with zero attached hydrogens (tertiary/aromatic N) is 1. The molecule has 2 rings (SSSR count). The van der Waals surface area contributed by atoms with Crippen LogP contribution in [0, 0.1) is 10.1 Å². The average Bonchev–Trinajstić information content (AvgIpc) is 2.49. The fourth-order valence-electron chi connectivity index (χ4n) is 1.65. The lowest BCUT2D eigenvalue weighted by molar-refractivity contribution is -0.384. The Kier molecular flexibility index (Phi) is 4.94. The van der Waals surface area contributed by atoms with E-state index in [0.29, 0.717) is 12.2 Å². The third kappa shape index (κ3) is 4.06.